The van der Waals surface area contributed by atoms with Crippen molar-refractivity contribution in [3.05, 3.63) is 52.5 Å². The van der Waals surface area contributed by atoms with Crippen LogP contribution < -0.4 is 14.8 Å². The molecule has 3 heterocycles. The number of nitriles is 1. The average Bonchev–Trinajstić information content (AvgIpc) is 3.19. The minimum absolute atomic E-state index is 0.0318. The van der Waals surface area contributed by atoms with Crippen LogP contribution in [-0.2, 0) is 11.2 Å². The van der Waals surface area contributed by atoms with Gasteiger partial charge in [-0.1, -0.05) is 19.9 Å². The number of aromatic nitrogens is 3. The minimum atomic E-state index is -0.134. The summed E-state index contributed by atoms with van der Waals surface area (Å²) in [6.07, 6.45) is 2.39. The Balaban J connectivity index is 1.48. The Morgan fingerprint density at radius 2 is 2.00 bits per heavy atom. The standard InChI is InChI=1S/C24H27N5O3/c1-14(2)23(17-5-7-20-21(11-17)32-10-9-31-20)28-22(30)8-6-19-15(3)27-24-18(12-25)13-26-29(24)16(19)4/h5,7,11,13-14,23H,6,8-10H2,1-4H3,(H,28,30). The first kappa shape index (κ1) is 21.6. The van der Waals surface area contributed by atoms with Crippen LogP contribution in [-0.4, -0.2) is 33.7 Å². The van der Waals surface area contributed by atoms with E-state index in [-0.39, 0.29) is 17.9 Å². The number of rotatable bonds is 6. The summed E-state index contributed by atoms with van der Waals surface area (Å²) in [6.45, 7) is 9.08. The molecule has 0 bridgehead atoms. The van der Waals surface area contributed by atoms with Gasteiger partial charge in [-0.3, -0.25) is 4.79 Å². The fourth-order valence-electron chi connectivity index (χ4n) is 4.12. The second kappa shape index (κ2) is 8.87. The van der Waals surface area contributed by atoms with Gasteiger partial charge in [-0.05, 0) is 49.4 Å². The van der Waals surface area contributed by atoms with Gasteiger partial charge < -0.3 is 14.8 Å². The third kappa shape index (κ3) is 4.11. The molecule has 1 N–H and O–H groups in total. The van der Waals surface area contributed by atoms with Gasteiger partial charge in [-0.15, -0.1) is 0 Å². The summed E-state index contributed by atoms with van der Waals surface area (Å²) in [5.74, 6) is 1.63. The van der Waals surface area contributed by atoms with E-state index in [0.717, 1.165) is 34.0 Å². The molecular formula is C24H27N5O3. The number of fused-ring (bicyclic) bond motifs is 2. The third-order valence-corrected chi connectivity index (χ3v) is 5.84. The summed E-state index contributed by atoms with van der Waals surface area (Å²) < 4.78 is 13.0. The van der Waals surface area contributed by atoms with Crippen LogP contribution in [0.25, 0.3) is 5.65 Å². The Labute approximate surface area is 187 Å². The normalized spacial score (nSPS) is 13.8. The third-order valence-electron chi connectivity index (χ3n) is 5.84. The van der Waals surface area contributed by atoms with Crippen molar-refractivity contribution in [1.29, 1.82) is 5.26 Å². The summed E-state index contributed by atoms with van der Waals surface area (Å²) in [7, 11) is 0. The number of amides is 1. The van der Waals surface area contributed by atoms with Crippen molar-refractivity contribution in [3.63, 3.8) is 0 Å². The van der Waals surface area contributed by atoms with Crippen molar-refractivity contribution in [2.24, 2.45) is 5.92 Å². The Hall–Kier alpha value is -3.60. The Morgan fingerprint density at radius 3 is 2.72 bits per heavy atom. The zero-order valence-corrected chi connectivity index (χ0v) is 18.8. The van der Waals surface area contributed by atoms with Gasteiger partial charge in [-0.2, -0.15) is 10.4 Å². The molecule has 0 spiro atoms. The van der Waals surface area contributed by atoms with Crippen molar-refractivity contribution in [3.8, 4) is 17.6 Å². The van der Waals surface area contributed by atoms with Crippen LogP contribution >= 0.6 is 0 Å². The predicted molar refractivity (Wildman–Crippen MR) is 119 cm³/mol. The lowest BCUT2D eigenvalue weighted by molar-refractivity contribution is -0.122. The molecule has 1 unspecified atom stereocenters. The zero-order chi connectivity index (χ0) is 22.8. The van der Waals surface area contributed by atoms with E-state index in [1.54, 1.807) is 4.52 Å². The SMILES string of the molecule is Cc1nc2c(C#N)cnn2c(C)c1CCC(=O)NC(c1ccc2c(c1)OCCO2)C(C)C. The molecule has 1 aliphatic rings. The van der Waals surface area contributed by atoms with Gasteiger partial charge in [0, 0.05) is 17.8 Å². The van der Waals surface area contributed by atoms with E-state index in [1.807, 2.05) is 32.0 Å². The molecule has 0 saturated heterocycles. The Kier molecular flexibility index (Phi) is 5.99. The number of benzene rings is 1. The predicted octanol–water partition coefficient (Wildman–Crippen LogP) is 3.44. The first-order chi connectivity index (χ1) is 15.4. The van der Waals surface area contributed by atoms with Crippen molar-refractivity contribution in [1.82, 2.24) is 19.9 Å². The van der Waals surface area contributed by atoms with Crippen molar-refractivity contribution >= 4 is 11.6 Å². The maximum atomic E-state index is 12.9. The largest absolute Gasteiger partial charge is 0.486 e. The lowest BCUT2D eigenvalue weighted by Crippen LogP contribution is -2.32. The number of carbonyl (C=O) groups is 1. The molecule has 4 rings (SSSR count). The van der Waals surface area contributed by atoms with E-state index in [0.29, 0.717) is 37.3 Å². The summed E-state index contributed by atoms with van der Waals surface area (Å²) in [5.41, 5.74) is 4.67. The fourth-order valence-corrected chi connectivity index (χ4v) is 4.12. The molecule has 1 amide bonds. The maximum Gasteiger partial charge on any atom is 0.220 e. The lowest BCUT2D eigenvalue weighted by atomic mass is 9.95. The molecule has 1 aromatic carbocycles. The van der Waals surface area contributed by atoms with Gasteiger partial charge in [0.05, 0.1) is 12.2 Å². The molecular weight excluding hydrogens is 406 g/mol. The Morgan fingerprint density at radius 1 is 1.25 bits per heavy atom. The van der Waals surface area contributed by atoms with Crippen molar-refractivity contribution in [2.45, 2.75) is 46.6 Å². The van der Waals surface area contributed by atoms with Gasteiger partial charge in [0.2, 0.25) is 5.91 Å². The molecule has 0 aliphatic carbocycles. The summed E-state index contributed by atoms with van der Waals surface area (Å²) >= 11 is 0. The number of nitrogens with one attached hydrogen (secondary N) is 1. The van der Waals surface area contributed by atoms with E-state index in [1.165, 1.54) is 6.20 Å². The van der Waals surface area contributed by atoms with Crippen LogP contribution in [0, 0.1) is 31.1 Å². The van der Waals surface area contributed by atoms with Gasteiger partial charge >= 0.3 is 0 Å². The monoisotopic (exact) mass is 433 g/mol. The number of hydrogen-bond donors (Lipinski definition) is 1. The summed E-state index contributed by atoms with van der Waals surface area (Å²) in [5, 5.41) is 16.7. The lowest BCUT2D eigenvalue weighted by Gasteiger charge is -2.25. The summed E-state index contributed by atoms with van der Waals surface area (Å²) in [4.78, 5) is 17.4. The molecule has 1 atom stereocenters. The van der Waals surface area contributed by atoms with Crippen LogP contribution in [0.4, 0.5) is 0 Å². The van der Waals surface area contributed by atoms with Gasteiger partial charge in [0.1, 0.15) is 24.8 Å². The first-order valence-electron chi connectivity index (χ1n) is 10.8. The topological polar surface area (TPSA) is 102 Å². The highest BCUT2D eigenvalue weighted by atomic mass is 16.6. The van der Waals surface area contributed by atoms with Gasteiger partial charge in [0.15, 0.2) is 17.1 Å². The van der Waals surface area contributed by atoms with Crippen LogP contribution in [0.5, 0.6) is 11.5 Å². The van der Waals surface area contributed by atoms with E-state index >= 15 is 0 Å². The van der Waals surface area contributed by atoms with Gasteiger partial charge in [-0.25, -0.2) is 9.50 Å². The van der Waals surface area contributed by atoms with Crippen molar-refractivity contribution in [2.75, 3.05) is 13.2 Å². The molecule has 166 valence electrons. The zero-order valence-electron chi connectivity index (χ0n) is 18.8. The molecule has 0 radical (unpaired) electrons. The van der Waals surface area contributed by atoms with Gasteiger partial charge in [0.25, 0.3) is 0 Å². The Bertz CT molecular complexity index is 1210. The molecule has 2 aromatic heterocycles. The fraction of sp³-hybridized carbons (Fsp3) is 0.417. The average molecular weight is 434 g/mol. The van der Waals surface area contributed by atoms with E-state index in [9.17, 15) is 10.1 Å². The second-order valence-electron chi connectivity index (χ2n) is 8.36. The molecule has 0 saturated carbocycles. The molecule has 3 aromatic rings. The smallest absolute Gasteiger partial charge is 0.220 e. The second-order valence-corrected chi connectivity index (χ2v) is 8.36. The van der Waals surface area contributed by atoms with Crippen LogP contribution in [0.15, 0.2) is 24.4 Å². The molecule has 0 fully saturated rings. The van der Waals surface area contributed by atoms with Crippen molar-refractivity contribution < 1.29 is 14.3 Å². The highest BCUT2D eigenvalue weighted by Gasteiger charge is 2.22. The van der Waals surface area contributed by atoms with E-state index in [2.05, 4.69) is 35.3 Å². The molecule has 8 heteroatoms. The number of nitrogens with zero attached hydrogens (tertiary/aromatic N) is 4. The molecule has 8 nitrogen and oxygen atoms in total. The molecule has 32 heavy (non-hydrogen) atoms. The van der Waals surface area contributed by atoms with Crippen LogP contribution in [0.2, 0.25) is 0 Å². The van der Waals surface area contributed by atoms with E-state index < -0.39 is 0 Å². The first-order valence-corrected chi connectivity index (χ1v) is 10.8. The number of carbonyl (C=O) groups excluding carboxylic acids is 1. The van der Waals surface area contributed by atoms with Crippen LogP contribution in [0.1, 0.15) is 54.4 Å². The highest BCUT2D eigenvalue weighted by molar-refractivity contribution is 5.77. The van der Waals surface area contributed by atoms with E-state index in [4.69, 9.17) is 9.47 Å². The summed E-state index contributed by atoms with van der Waals surface area (Å²) in [6, 6.07) is 7.82. The number of hydrogen-bond acceptors (Lipinski definition) is 6. The highest BCUT2D eigenvalue weighted by Crippen LogP contribution is 2.34. The number of aryl methyl sites for hydroxylation is 2. The quantitative estimate of drug-likeness (QED) is 0.639. The molecule has 1 aliphatic heterocycles. The van der Waals surface area contributed by atoms with Crippen LogP contribution in [0.3, 0.4) is 0 Å². The number of ether oxygens (including phenoxy) is 2. The minimum Gasteiger partial charge on any atom is -0.486 e. The maximum absolute atomic E-state index is 12.9.